The zero-order valence-corrected chi connectivity index (χ0v) is 13.1. The van der Waals surface area contributed by atoms with Crippen LogP contribution in [-0.2, 0) is 4.74 Å². The van der Waals surface area contributed by atoms with Crippen molar-refractivity contribution < 1.29 is 4.74 Å². The van der Waals surface area contributed by atoms with Crippen molar-refractivity contribution in [2.75, 3.05) is 13.2 Å². The number of hydrogen-bond donors (Lipinski definition) is 1. The van der Waals surface area contributed by atoms with Crippen LogP contribution in [0.25, 0.3) is 0 Å². The molecule has 1 heterocycles. The highest BCUT2D eigenvalue weighted by Crippen LogP contribution is 2.33. The zero-order chi connectivity index (χ0) is 12.3. The Labute approximate surface area is 119 Å². The average molecular weight is 363 g/mol. The molecule has 1 N–H and O–H groups in total. The van der Waals surface area contributed by atoms with Crippen LogP contribution in [0.3, 0.4) is 0 Å². The molecule has 0 aliphatic carbocycles. The van der Waals surface area contributed by atoms with Crippen LogP contribution in [0.1, 0.15) is 31.4 Å². The van der Waals surface area contributed by atoms with Crippen LogP contribution in [-0.4, -0.2) is 19.3 Å². The Morgan fingerprint density at radius 3 is 2.94 bits per heavy atom. The fraction of sp³-hybridized carbons (Fsp3) is 0.538. The number of rotatable bonds is 4. The average Bonchev–Trinajstić information content (AvgIpc) is 2.83. The van der Waals surface area contributed by atoms with Crippen LogP contribution in [0.4, 0.5) is 0 Å². The predicted octanol–water partition coefficient (Wildman–Crippen LogP) is 4.04. The second-order valence-corrected chi connectivity index (χ2v) is 6.02. The molecule has 0 radical (unpaired) electrons. The van der Waals surface area contributed by atoms with Gasteiger partial charge in [-0.05, 0) is 43.1 Å². The van der Waals surface area contributed by atoms with Crippen molar-refractivity contribution in [1.29, 1.82) is 0 Å². The molecule has 17 heavy (non-hydrogen) atoms. The van der Waals surface area contributed by atoms with Crippen LogP contribution in [0.5, 0.6) is 0 Å². The molecule has 0 spiro atoms. The number of hydrogen-bond acceptors (Lipinski definition) is 2. The van der Waals surface area contributed by atoms with E-state index in [-0.39, 0.29) is 6.04 Å². The van der Waals surface area contributed by atoms with E-state index in [0.29, 0.717) is 6.10 Å². The van der Waals surface area contributed by atoms with Crippen LogP contribution in [0.15, 0.2) is 27.1 Å². The lowest BCUT2D eigenvalue weighted by molar-refractivity contribution is 0.0786. The van der Waals surface area contributed by atoms with Gasteiger partial charge in [0.25, 0.3) is 0 Å². The fourth-order valence-corrected chi connectivity index (χ4v) is 3.15. The van der Waals surface area contributed by atoms with Gasteiger partial charge < -0.3 is 10.1 Å². The summed E-state index contributed by atoms with van der Waals surface area (Å²) in [6.45, 7) is 3.97. The Kier molecular flexibility index (Phi) is 5.03. The highest BCUT2D eigenvalue weighted by atomic mass is 79.9. The number of likely N-dealkylation sites (N-methyl/N-ethyl adjacent to an activating group) is 1. The van der Waals surface area contributed by atoms with E-state index in [1.165, 1.54) is 5.56 Å². The molecule has 0 saturated carbocycles. The summed E-state index contributed by atoms with van der Waals surface area (Å²) in [5.41, 5.74) is 1.27. The summed E-state index contributed by atoms with van der Waals surface area (Å²) < 4.78 is 8.07. The van der Waals surface area contributed by atoms with Gasteiger partial charge in [-0.1, -0.05) is 38.8 Å². The smallest absolute Gasteiger partial charge is 0.0771 e. The molecule has 2 nitrogen and oxygen atoms in total. The van der Waals surface area contributed by atoms with E-state index in [2.05, 4.69) is 56.2 Å². The largest absolute Gasteiger partial charge is 0.376 e. The van der Waals surface area contributed by atoms with Gasteiger partial charge in [0, 0.05) is 15.6 Å². The summed E-state index contributed by atoms with van der Waals surface area (Å²) in [5, 5.41) is 3.53. The Balaban J connectivity index is 2.27. The molecule has 1 fully saturated rings. The third kappa shape index (κ3) is 3.31. The van der Waals surface area contributed by atoms with E-state index < -0.39 is 0 Å². The number of ether oxygens (including phenoxy) is 1. The molecule has 0 bridgehead atoms. The second kappa shape index (κ2) is 6.32. The minimum atomic E-state index is 0.273. The number of nitrogens with one attached hydrogen (secondary N) is 1. The molecule has 2 atom stereocenters. The van der Waals surface area contributed by atoms with Gasteiger partial charge in [0.15, 0.2) is 0 Å². The van der Waals surface area contributed by atoms with E-state index in [9.17, 15) is 0 Å². The molecule has 1 aromatic rings. The molecule has 2 unspecified atom stereocenters. The topological polar surface area (TPSA) is 21.3 Å². The Bertz CT molecular complexity index is 378. The molecule has 1 aliphatic rings. The predicted molar refractivity (Wildman–Crippen MR) is 77.2 cm³/mol. The minimum Gasteiger partial charge on any atom is -0.376 e. The Hall–Kier alpha value is 0.1000. The van der Waals surface area contributed by atoms with Crippen molar-refractivity contribution in [3.05, 3.63) is 32.7 Å². The maximum atomic E-state index is 5.82. The Morgan fingerprint density at radius 2 is 2.29 bits per heavy atom. The molecule has 1 aliphatic heterocycles. The summed E-state index contributed by atoms with van der Waals surface area (Å²) in [6, 6.07) is 6.57. The van der Waals surface area contributed by atoms with Crippen LogP contribution in [0.2, 0.25) is 0 Å². The third-order valence-electron chi connectivity index (χ3n) is 3.05. The van der Waals surface area contributed by atoms with Crippen molar-refractivity contribution in [1.82, 2.24) is 5.32 Å². The first-order valence-corrected chi connectivity index (χ1v) is 7.61. The lowest BCUT2D eigenvalue weighted by Crippen LogP contribution is -2.31. The molecule has 1 saturated heterocycles. The van der Waals surface area contributed by atoms with Crippen LogP contribution < -0.4 is 5.32 Å². The molecule has 4 heteroatoms. The third-order valence-corrected chi connectivity index (χ3v) is 4.27. The van der Waals surface area contributed by atoms with Gasteiger partial charge >= 0.3 is 0 Å². The van der Waals surface area contributed by atoms with Crippen molar-refractivity contribution in [2.24, 2.45) is 0 Å². The number of benzene rings is 1. The molecule has 0 amide bonds. The molecular formula is C13H17Br2NO. The molecule has 2 rings (SSSR count). The summed E-state index contributed by atoms with van der Waals surface area (Å²) in [4.78, 5) is 0. The summed E-state index contributed by atoms with van der Waals surface area (Å²) in [7, 11) is 0. The lowest BCUT2D eigenvalue weighted by Gasteiger charge is -2.25. The van der Waals surface area contributed by atoms with E-state index in [1.807, 2.05) is 6.07 Å². The van der Waals surface area contributed by atoms with E-state index in [1.54, 1.807) is 0 Å². The Morgan fingerprint density at radius 1 is 1.47 bits per heavy atom. The van der Waals surface area contributed by atoms with Crippen LogP contribution >= 0.6 is 31.9 Å². The van der Waals surface area contributed by atoms with Crippen molar-refractivity contribution in [3.63, 3.8) is 0 Å². The van der Waals surface area contributed by atoms with Gasteiger partial charge in [0.05, 0.1) is 12.1 Å². The summed E-state index contributed by atoms with van der Waals surface area (Å²) in [5.74, 6) is 0. The van der Waals surface area contributed by atoms with Crippen molar-refractivity contribution in [2.45, 2.75) is 31.9 Å². The lowest BCUT2D eigenvalue weighted by atomic mass is 9.99. The van der Waals surface area contributed by atoms with Gasteiger partial charge in [-0.3, -0.25) is 0 Å². The van der Waals surface area contributed by atoms with E-state index in [0.717, 1.165) is 34.9 Å². The standard InChI is InChI=1S/C13H17Br2NO/c1-2-16-13(12-4-3-7-17-12)10-8-9(14)5-6-11(10)15/h5-6,8,12-13,16H,2-4,7H2,1H3. The summed E-state index contributed by atoms with van der Waals surface area (Å²) >= 11 is 7.17. The van der Waals surface area contributed by atoms with Gasteiger partial charge in [0.2, 0.25) is 0 Å². The second-order valence-electron chi connectivity index (χ2n) is 4.25. The maximum Gasteiger partial charge on any atom is 0.0771 e. The first-order valence-electron chi connectivity index (χ1n) is 6.02. The van der Waals surface area contributed by atoms with Gasteiger partial charge in [-0.15, -0.1) is 0 Å². The van der Waals surface area contributed by atoms with E-state index >= 15 is 0 Å². The van der Waals surface area contributed by atoms with Crippen LogP contribution in [0, 0.1) is 0 Å². The SMILES string of the molecule is CCNC(c1cc(Br)ccc1Br)C1CCCO1. The van der Waals surface area contributed by atoms with Gasteiger partial charge in [-0.25, -0.2) is 0 Å². The fourth-order valence-electron chi connectivity index (χ4n) is 2.28. The first kappa shape index (κ1) is 13.5. The maximum absolute atomic E-state index is 5.82. The minimum absolute atomic E-state index is 0.273. The van der Waals surface area contributed by atoms with E-state index in [4.69, 9.17) is 4.74 Å². The van der Waals surface area contributed by atoms with Crippen molar-refractivity contribution >= 4 is 31.9 Å². The molecule has 1 aromatic carbocycles. The molecule has 94 valence electrons. The molecule has 0 aromatic heterocycles. The zero-order valence-electron chi connectivity index (χ0n) is 9.88. The normalized spacial score (nSPS) is 21.7. The molecular weight excluding hydrogens is 346 g/mol. The summed E-state index contributed by atoms with van der Waals surface area (Å²) in [6.07, 6.45) is 2.59. The monoisotopic (exact) mass is 361 g/mol. The van der Waals surface area contributed by atoms with Gasteiger partial charge in [0.1, 0.15) is 0 Å². The highest BCUT2D eigenvalue weighted by molar-refractivity contribution is 9.11. The van der Waals surface area contributed by atoms with Gasteiger partial charge in [-0.2, -0.15) is 0 Å². The quantitative estimate of drug-likeness (QED) is 0.872. The first-order chi connectivity index (χ1) is 8.22. The highest BCUT2D eigenvalue weighted by Gasteiger charge is 2.28. The number of halogens is 2. The van der Waals surface area contributed by atoms with Crippen molar-refractivity contribution in [3.8, 4) is 0 Å².